The lowest BCUT2D eigenvalue weighted by Crippen LogP contribution is -2.26. The molecule has 0 fully saturated rings. The van der Waals surface area contributed by atoms with Crippen molar-refractivity contribution < 1.29 is 9.53 Å². The Kier molecular flexibility index (Phi) is 6.24. The number of aromatic nitrogens is 1. The van der Waals surface area contributed by atoms with Gasteiger partial charge >= 0.3 is 0 Å². The van der Waals surface area contributed by atoms with Crippen LogP contribution in [0.4, 0.5) is 0 Å². The van der Waals surface area contributed by atoms with E-state index in [1.165, 1.54) is 22.5 Å². The molecule has 0 N–H and O–H groups in total. The molecule has 0 spiro atoms. The largest absolute Gasteiger partial charge is 0.486 e. The molecule has 0 radical (unpaired) electrons. The number of rotatable bonds is 7. The molecular formula is C22H24N2O2S. The number of carbonyl (C=O) groups is 1. The van der Waals surface area contributed by atoms with Crippen molar-refractivity contribution >= 4 is 17.2 Å². The summed E-state index contributed by atoms with van der Waals surface area (Å²) in [6.45, 7) is 5.10. The number of ether oxygens (including phenoxy) is 1. The van der Waals surface area contributed by atoms with Gasteiger partial charge in [0.15, 0.2) is 0 Å². The molecule has 140 valence electrons. The molecule has 3 rings (SSSR count). The minimum absolute atomic E-state index is 0.0765. The highest BCUT2D eigenvalue weighted by atomic mass is 32.1. The number of hydrogen-bond donors (Lipinski definition) is 0. The summed E-state index contributed by atoms with van der Waals surface area (Å²) in [4.78, 5) is 18.8. The van der Waals surface area contributed by atoms with Crippen LogP contribution in [0.5, 0.6) is 5.75 Å². The van der Waals surface area contributed by atoms with E-state index in [2.05, 4.69) is 36.2 Å². The van der Waals surface area contributed by atoms with E-state index in [4.69, 9.17) is 4.74 Å². The first kappa shape index (κ1) is 19.1. The summed E-state index contributed by atoms with van der Waals surface area (Å²) in [5, 5.41) is 2.59. The van der Waals surface area contributed by atoms with Crippen LogP contribution in [0.25, 0.3) is 0 Å². The molecule has 3 aromatic rings. The van der Waals surface area contributed by atoms with Gasteiger partial charge in [0.05, 0.1) is 0 Å². The predicted octanol–water partition coefficient (Wildman–Crippen LogP) is 4.87. The summed E-state index contributed by atoms with van der Waals surface area (Å²) in [5.74, 6) is 0.726. The van der Waals surface area contributed by atoms with Crippen molar-refractivity contribution in [3.8, 4) is 5.75 Å². The molecule has 0 saturated carbocycles. The Morgan fingerprint density at radius 1 is 1.07 bits per heavy atom. The SMILES string of the molecule is CCc1ccc(CN(C)C(=O)c2csc(COc3ccc(C)cc3)n2)cc1. The minimum atomic E-state index is -0.0765. The summed E-state index contributed by atoms with van der Waals surface area (Å²) < 4.78 is 5.74. The van der Waals surface area contributed by atoms with Crippen LogP contribution in [-0.2, 0) is 19.6 Å². The number of aryl methyl sites for hydroxylation is 2. The summed E-state index contributed by atoms with van der Waals surface area (Å²) in [6.07, 6.45) is 1.02. The summed E-state index contributed by atoms with van der Waals surface area (Å²) in [7, 11) is 1.80. The van der Waals surface area contributed by atoms with Gasteiger partial charge in [-0.25, -0.2) is 4.98 Å². The van der Waals surface area contributed by atoms with E-state index in [0.717, 1.165) is 22.7 Å². The fourth-order valence-electron chi connectivity index (χ4n) is 2.68. The quantitative estimate of drug-likeness (QED) is 0.587. The van der Waals surface area contributed by atoms with Crippen molar-refractivity contribution in [2.75, 3.05) is 7.05 Å². The first-order valence-electron chi connectivity index (χ1n) is 9.02. The van der Waals surface area contributed by atoms with E-state index in [-0.39, 0.29) is 5.91 Å². The van der Waals surface area contributed by atoms with Gasteiger partial charge in [0.1, 0.15) is 23.1 Å². The average Bonchev–Trinajstić information content (AvgIpc) is 3.16. The molecule has 1 aromatic heterocycles. The fourth-order valence-corrected chi connectivity index (χ4v) is 3.36. The van der Waals surface area contributed by atoms with E-state index >= 15 is 0 Å². The second kappa shape index (κ2) is 8.82. The maximum atomic E-state index is 12.6. The van der Waals surface area contributed by atoms with Gasteiger partial charge < -0.3 is 9.64 Å². The zero-order valence-electron chi connectivity index (χ0n) is 15.9. The third-order valence-electron chi connectivity index (χ3n) is 4.35. The lowest BCUT2D eigenvalue weighted by molar-refractivity contribution is 0.0779. The highest BCUT2D eigenvalue weighted by Crippen LogP contribution is 2.17. The molecule has 0 bridgehead atoms. The third kappa shape index (κ3) is 5.17. The van der Waals surface area contributed by atoms with E-state index < -0.39 is 0 Å². The number of nitrogens with zero attached hydrogens (tertiary/aromatic N) is 2. The minimum Gasteiger partial charge on any atom is -0.486 e. The van der Waals surface area contributed by atoms with Crippen LogP contribution in [0.15, 0.2) is 53.9 Å². The fraction of sp³-hybridized carbons (Fsp3) is 0.273. The molecule has 1 heterocycles. The maximum Gasteiger partial charge on any atom is 0.273 e. The molecule has 0 unspecified atom stereocenters. The molecule has 0 aliphatic rings. The van der Waals surface area contributed by atoms with Crippen LogP contribution in [0.1, 0.15) is 39.1 Å². The van der Waals surface area contributed by atoms with Crippen molar-refractivity contribution in [3.05, 3.63) is 81.3 Å². The Hall–Kier alpha value is -2.66. The number of benzene rings is 2. The lowest BCUT2D eigenvalue weighted by atomic mass is 10.1. The molecule has 0 saturated heterocycles. The molecule has 1 amide bonds. The molecule has 4 nitrogen and oxygen atoms in total. The summed E-state index contributed by atoms with van der Waals surface area (Å²) in [6, 6.07) is 16.3. The van der Waals surface area contributed by atoms with Crippen LogP contribution in [0.2, 0.25) is 0 Å². The van der Waals surface area contributed by atoms with Crippen LogP contribution in [0, 0.1) is 6.92 Å². The Morgan fingerprint density at radius 3 is 2.41 bits per heavy atom. The molecular weight excluding hydrogens is 356 g/mol. The van der Waals surface area contributed by atoms with Crippen LogP contribution in [-0.4, -0.2) is 22.8 Å². The number of amides is 1. The van der Waals surface area contributed by atoms with E-state index in [0.29, 0.717) is 18.8 Å². The second-order valence-corrected chi connectivity index (χ2v) is 7.50. The van der Waals surface area contributed by atoms with Gasteiger partial charge in [-0.1, -0.05) is 48.9 Å². The van der Waals surface area contributed by atoms with Crippen molar-refractivity contribution in [1.82, 2.24) is 9.88 Å². The van der Waals surface area contributed by atoms with E-state index in [1.807, 2.05) is 31.2 Å². The Bertz CT molecular complexity index is 885. The lowest BCUT2D eigenvalue weighted by Gasteiger charge is -2.16. The molecule has 5 heteroatoms. The monoisotopic (exact) mass is 380 g/mol. The molecule has 0 aliphatic carbocycles. The Labute approximate surface area is 164 Å². The summed E-state index contributed by atoms with van der Waals surface area (Å²) in [5.41, 5.74) is 4.07. The number of thiazole rings is 1. The highest BCUT2D eigenvalue weighted by Gasteiger charge is 2.16. The average molecular weight is 381 g/mol. The molecule has 2 aromatic carbocycles. The van der Waals surface area contributed by atoms with Crippen molar-refractivity contribution in [3.63, 3.8) is 0 Å². The van der Waals surface area contributed by atoms with Gasteiger partial charge in [-0.3, -0.25) is 4.79 Å². The van der Waals surface area contributed by atoms with Crippen molar-refractivity contribution in [2.45, 2.75) is 33.4 Å². The Morgan fingerprint density at radius 2 is 1.74 bits per heavy atom. The standard InChI is InChI=1S/C22H24N2O2S/c1-4-17-7-9-18(10-8-17)13-24(3)22(25)20-15-27-21(23-20)14-26-19-11-5-16(2)6-12-19/h5-12,15H,4,13-14H2,1-3H3. The number of carbonyl (C=O) groups excluding carboxylic acids is 1. The number of hydrogen-bond acceptors (Lipinski definition) is 4. The topological polar surface area (TPSA) is 42.4 Å². The normalized spacial score (nSPS) is 10.6. The second-order valence-electron chi connectivity index (χ2n) is 6.56. The van der Waals surface area contributed by atoms with Gasteiger partial charge in [-0.15, -0.1) is 11.3 Å². The van der Waals surface area contributed by atoms with Gasteiger partial charge in [0.25, 0.3) is 5.91 Å². The third-order valence-corrected chi connectivity index (χ3v) is 5.17. The Balaban J connectivity index is 1.57. The molecule has 0 aliphatic heterocycles. The van der Waals surface area contributed by atoms with Crippen LogP contribution in [0.3, 0.4) is 0 Å². The predicted molar refractivity (Wildman–Crippen MR) is 109 cm³/mol. The van der Waals surface area contributed by atoms with Crippen molar-refractivity contribution in [1.29, 1.82) is 0 Å². The van der Waals surface area contributed by atoms with Gasteiger partial charge in [-0.05, 0) is 36.6 Å². The summed E-state index contributed by atoms with van der Waals surface area (Å²) >= 11 is 1.45. The molecule has 0 atom stereocenters. The van der Waals surface area contributed by atoms with Gasteiger partial charge in [0.2, 0.25) is 0 Å². The maximum absolute atomic E-state index is 12.6. The smallest absolute Gasteiger partial charge is 0.273 e. The zero-order chi connectivity index (χ0) is 19.2. The highest BCUT2D eigenvalue weighted by molar-refractivity contribution is 7.09. The first-order chi connectivity index (χ1) is 13.0. The molecule has 27 heavy (non-hydrogen) atoms. The van der Waals surface area contributed by atoms with Gasteiger partial charge in [0, 0.05) is 19.0 Å². The zero-order valence-corrected chi connectivity index (χ0v) is 16.8. The van der Waals surface area contributed by atoms with Gasteiger partial charge in [-0.2, -0.15) is 0 Å². The van der Waals surface area contributed by atoms with E-state index in [1.54, 1.807) is 17.3 Å². The van der Waals surface area contributed by atoms with Crippen molar-refractivity contribution in [2.24, 2.45) is 0 Å². The first-order valence-corrected chi connectivity index (χ1v) is 9.90. The van der Waals surface area contributed by atoms with Crippen LogP contribution < -0.4 is 4.74 Å². The van der Waals surface area contributed by atoms with E-state index in [9.17, 15) is 4.79 Å². The van der Waals surface area contributed by atoms with Crippen LogP contribution >= 0.6 is 11.3 Å².